The molecule has 21 heavy (non-hydrogen) atoms. The smallest absolute Gasteiger partial charge is 0.282 e. The van der Waals surface area contributed by atoms with Crippen molar-refractivity contribution < 1.29 is 14.8 Å². The number of thioether (sulfide) groups is 1. The number of nitro groups is 1. The van der Waals surface area contributed by atoms with Crippen LogP contribution in [0.4, 0.5) is 5.69 Å². The number of carbonyl (C=O) groups is 1. The first-order valence-electron chi connectivity index (χ1n) is 6.84. The van der Waals surface area contributed by atoms with Crippen molar-refractivity contribution >= 4 is 23.4 Å². The first-order chi connectivity index (χ1) is 10.0. The van der Waals surface area contributed by atoms with Gasteiger partial charge in [0.2, 0.25) is 0 Å². The summed E-state index contributed by atoms with van der Waals surface area (Å²) in [6, 6.07) is 4.16. The van der Waals surface area contributed by atoms with Crippen LogP contribution in [0.1, 0.15) is 36.0 Å². The topological polar surface area (TPSA) is 92.5 Å². The third kappa shape index (κ3) is 3.74. The van der Waals surface area contributed by atoms with E-state index in [2.05, 4.69) is 5.32 Å². The largest absolute Gasteiger partial charge is 0.391 e. The van der Waals surface area contributed by atoms with Gasteiger partial charge in [-0.2, -0.15) is 0 Å². The molecule has 0 aromatic heterocycles. The van der Waals surface area contributed by atoms with Crippen molar-refractivity contribution in [1.29, 1.82) is 0 Å². The summed E-state index contributed by atoms with van der Waals surface area (Å²) in [4.78, 5) is 23.6. The molecule has 1 aromatic rings. The molecule has 1 fully saturated rings. The van der Waals surface area contributed by atoms with E-state index in [0.29, 0.717) is 12.8 Å². The molecule has 2 N–H and O–H groups in total. The lowest BCUT2D eigenvalue weighted by molar-refractivity contribution is -0.385. The molecule has 2 atom stereocenters. The molecule has 1 saturated carbocycles. The number of nitrogens with zero attached hydrogens (tertiary/aromatic N) is 1. The van der Waals surface area contributed by atoms with Crippen molar-refractivity contribution in [3.8, 4) is 0 Å². The zero-order valence-electron chi connectivity index (χ0n) is 11.7. The molecule has 1 aromatic carbocycles. The first-order valence-corrected chi connectivity index (χ1v) is 8.06. The third-order valence-corrected chi connectivity index (χ3v) is 4.42. The molecule has 0 radical (unpaired) electrons. The van der Waals surface area contributed by atoms with Crippen molar-refractivity contribution in [2.24, 2.45) is 0 Å². The second-order valence-electron chi connectivity index (χ2n) is 5.07. The minimum absolute atomic E-state index is 0.0459. The van der Waals surface area contributed by atoms with Gasteiger partial charge < -0.3 is 10.4 Å². The predicted molar refractivity (Wildman–Crippen MR) is 80.6 cm³/mol. The summed E-state index contributed by atoms with van der Waals surface area (Å²) in [5, 5.41) is 23.7. The zero-order chi connectivity index (χ0) is 15.4. The number of nitro benzene ring substituents is 1. The van der Waals surface area contributed by atoms with Gasteiger partial charge in [0, 0.05) is 11.0 Å². The lowest BCUT2D eigenvalue weighted by Crippen LogP contribution is -2.45. The Kier molecular flexibility index (Phi) is 5.19. The minimum atomic E-state index is -0.578. The number of aliphatic hydroxyl groups is 1. The van der Waals surface area contributed by atoms with E-state index >= 15 is 0 Å². The molecule has 0 spiro atoms. The molecular weight excluding hydrogens is 292 g/mol. The number of hydrogen-bond donors (Lipinski definition) is 2. The maximum absolute atomic E-state index is 12.3. The zero-order valence-corrected chi connectivity index (χ0v) is 12.6. The second-order valence-corrected chi connectivity index (χ2v) is 5.95. The minimum Gasteiger partial charge on any atom is -0.391 e. The normalized spacial score (nSPS) is 21.8. The van der Waals surface area contributed by atoms with Crippen LogP contribution in [0.3, 0.4) is 0 Å². The highest BCUT2D eigenvalue weighted by molar-refractivity contribution is 7.98. The molecule has 114 valence electrons. The average Bonchev–Trinajstić information content (AvgIpc) is 2.48. The number of amides is 1. The van der Waals surface area contributed by atoms with Crippen LogP contribution in [0.2, 0.25) is 0 Å². The Morgan fingerprint density at radius 3 is 2.76 bits per heavy atom. The standard InChI is InChI=1S/C14H18N2O4S/c1-21-9-6-7-12(16(19)20)10(8-9)14(18)15-11-4-2-3-5-13(11)17/h6-8,11,13,17H,2-5H2,1H3,(H,15,18). The van der Waals surface area contributed by atoms with Gasteiger partial charge in [0.25, 0.3) is 11.6 Å². The van der Waals surface area contributed by atoms with Crippen LogP contribution in [-0.4, -0.2) is 34.3 Å². The highest BCUT2D eigenvalue weighted by atomic mass is 32.2. The van der Waals surface area contributed by atoms with E-state index in [1.165, 1.54) is 23.9 Å². The van der Waals surface area contributed by atoms with Gasteiger partial charge >= 0.3 is 0 Å². The molecule has 2 unspecified atom stereocenters. The monoisotopic (exact) mass is 310 g/mol. The summed E-state index contributed by atoms with van der Waals surface area (Å²) in [7, 11) is 0. The average molecular weight is 310 g/mol. The van der Waals surface area contributed by atoms with E-state index in [1.807, 2.05) is 6.26 Å². The van der Waals surface area contributed by atoms with Gasteiger partial charge in [-0.15, -0.1) is 11.8 Å². The van der Waals surface area contributed by atoms with Crippen molar-refractivity contribution in [1.82, 2.24) is 5.32 Å². The maximum Gasteiger partial charge on any atom is 0.282 e. The van der Waals surface area contributed by atoms with Crippen LogP contribution in [0.5, 0.6) is 0 Å². The Morgan fingerprint density at radius 2 is 2.14 bits per heavy atom. The molecule has 0 aliphatic heterocycles. The maximum atomic E-state index is 12.3. The number of carbonyl (C=O) groups excluding carboxylic acids is 1. The van der Waals surface area contributed by atoms with Gasteiger partial charge in [0.15, 0.2) is 0 Å². The van der Waals surface area contributed by atoms with Gasteiger partial charge in [-0.3, -0.25) is 14.9 Å². The molecule has 2 rings (SSSR count). The van der Waals surface area contributed by atoms with Crippen LogP contribution in [0.25, 0.3) is 0 Å². The quantitative estimate of drug-likeness (QED) is 0.506. The van der Waals surface area contributed by atoms with E-state index in [9.17, 15) is 20.0 Å². The lowest BCUT2D eigenvalue weighted by atomic mass is 9.92. The fraction of sp³-hybridized carbons (Fsp3) is 0.500. The molecule has 1 amide bonds. The summed E-state index contributed by atoms with van der Waals surface area (Å²) in [5.41, 5.74) is -0.166. The summed E-state index contributed by atoms with van der Waals surface area (Å²) in [5.74, 6) is -0.497. The van der Waals surface area contributed by atoms with Crippen molar-refractivity contribution in [3.05, 3.63) is 33.9 Å². The van der Waals surface area contributed by atoms with E-state index < -0.39 is 16.9 Å². The Labute approximate surface area is 127 Å². The van der Waals surface area contributed by atoms with Crippen LogP contribution in [0.15, 0.2) is 23.1 Å². The van der Waals surface area contributed by atoms with Crippen molar-refractivity contribution in [2.45, 2.75) is 42.7 Å². The third-order valence-electron chi connectivity index (χ3n) is 3.69. The molecule has 0 heterocycles. The molecule has 7 heteroatoms. The van der Waals surface area contributed by atoms with Gasteiger partial charge in [-0.1, -0.05) is 12.8 Å². The van der Waals surface area contributed by atoms with Crippen LogP contribution in [0, 0.1) is 10.1 Å². The number of benzene rings is 1. The summed E-state index contributed by atoms with van der Waals surface area (Å²) >= 11 is 1.42. The molecule has 0 bridgehead atoms. The van der Waals surface area contributed by atoms with Crippen molar-refractivity contribution in [3.63, 3.8) is 0 Å². The Bertz CT molecular complexity index is 550. The summed E-state index contributed by atoms with van der Waals surface area (Å²) < 4.78 is 0. The van der Waals surface area contributed by atoms with E-state index in [1.54, 1.807) is 6.07 Å². The molecule has 1 aliphatic rings. The number of aliphatic hydroxyl groups excluding tert-OH is 1. The van der Waals surface area contributed by atoms with Gasteiger partial charge in [-0.05, 0) is 31.2 Å². The second kappa shape index (κ2) is 6.91. The number of nitrogens with one attached hydrogen (secondary N) is 1. The fourth-order valence-electron chi connectivity index (χ4n) is 2.51. The van der Waals surface area contributed by atoms with E-state index in [0.717, 1.165) is 17.7 Å². The highest BCUT2D eigenvalue weighted by Crippen LogP contribution is 2.26. The van der Waals surface area contributed by atoms with Gasteiger partial charge in [0.05, 0.1) is 17.1 Å². The Hall–Kier alpha value is -1.60. The molecular formula is C14H18N2O4S. The predicted octanol–water partition coefficient (Wildman–Crippen LogP) is 2.35. The fourth-order valence-corrected chi connectivity index (χ4v) is 2.95. The highest BCUT2D eigenvalue weighted by Gasteiger charge is 2.27. The number of hydrogen-bond acceptors (Lipinski definition) is 5. The van der Waals surface area contributed by atoms with E-state index in [4.69, 9.17) is 0 Å². The van der Waals surface area contributed by atoms with Gasteiger partial charge in [-0.25, -0.2) is 0 Å². The van der Waals surface area contributed by atoms with E-state index in [-0.39, 0.29) is 17.3 Å². The van der Waals surface area contributed by atoms with Crippen molar-refractivity contribution in [2.75, 3.05) is 6.26 Å². The Balaban J connectivity index is 2.22. The van der Waals surface area contributed by atoms with Gasteiger partial charge in [0.1, 0.15) is 5.56 Å². The van der Waals surface area contributed by atoms with Crippen LogP contribution >= 0.6 is 11.8 Å². The number of rotatable bonds is 4. The SMILES string of the molecule is CSc1ccc([N+](=O)[O-])c(C(=O)NC2CCCCC2O)c1. The summed E-state index contributed by atoms with van der Waals surface area (Å²) in [6.45, 7) is 0. The van der Waals surface area contributed by atoms with Crippen LogP contribution in [-0.2, 0) is 0 Å². The lowest BCUT2D eigenvalue weighted by Gasteiger charge is -2.28. The molecule has 0 saturated heterocycles. The Morgan fingerprint density at radius 1 is 1.43 bits per heavy atom. The van der Waals surface area contributed by atoms with Crippen LogP contribution < -0.4 is 5.32 Å². The molecule has 1 aliphatic carbocycles. The summed E-state index contributed by atoms with van der Waals surface area (Å²) in [6.07, 6.45) is 4.49. The molecule has 6 nitrogen and oxygen atoms in total. The first kappa shape index (κ1) is 15.8.